The molecule has 0 fully saturated rings. The Bertz CT molecular complexity index is 1590. The Hall–Kier alpha value is -4.40. The van der Waals surface area contributed by atoms with Crippen LogP contribution >= 0.6 is 0 Å². The van der Waals surface area contributed by atoms with Crippen LogP contribution in [0.1, 0.15) is 59.2 Å². The van der Waals surface area contributed by atoms with Crippen molar-refractivity contribution in [1.29, 1.82) is 0 Å². The summed E-state index contributed by atoms with van der Waals surface area (Å²) in [7, 11) is 3.52. The SMILES string of the molecule is COc1cccc(C(NC(=O)c2cc(-c3cc(C)oc3C)nc3c2cnn3C(C)C)c2nccn2C)c1. The lowest BCUT2D eigenvalue weighted by Crippen LogP contribution is -2.31. The third-order valence-corrected chi connectivity index (χ3v) is 6.44. The smallest absolute Gasteiger partial charge is 0.253 e. The van der Waals surface area contributed by atoms with Crippen LogP contribution in [0.15, 0.2) is 59.4 Å². The number of hydrogen-bond donors (Lipinski definition) is 1. The first kappa shape index (κ1) is 24.3. The number of nitrogens with zero attached hydrogens (tertiary/aromatic N) is 5. The minimum Gasteiger partial charge on any atom is -0.497 e. The molecule has 1 N–H and O–H groups in total. The lowest BCUT2D eigenvalue weighted by molar-refractivity contribution is 0.0942. The number of rotatable bonds is 7. The van der Waals surface area contributed by atoms with Crippen molar-refractivity contribution in [2.45, 2.75) is 39.8 Å². The molecule has 1 unspecified atom stereocenters. The van der Waals surface area contributed by atoms with Gasteiger partial charge in [-0.25, -0.2) is 14.6 Å². The zero-order valence-electron chi connectivity index (χ0n) is 21.8. The van der Waals surface area contributed by atoms with Gasteiger partial charge in [-0.15, -0.1) is 0 Å². The van der Waals surface area contributed by atoms with E-state index in [2.05, 4.69) is 15.4 Å². The number of hydrogen-bond acceptors (Lipinski definition) is 6. The second-order valence-corrected chi connectivity index (χ2v) is 9.38. The largest absolute Gasteiger partial charge is 0.497 e. The van der Waals surface area contributed by atoms with Gasteiger partial charge in [0, 0.05) is 31.0 Å². The molecule has 0 spiro atoms. The van der Waals surface area contributed by atoms with E-state index in [1.165, 1.54) is 0 Å². The van der Waals surface area contributed by atoms with Gasteiger partial charge in [-0.2, -0.15) is 5.10 Å². The lowest BCUT2D eigenvalue weighted by Gasteiger charge is -2.20. The molecular formula is C28H30N6O3. The molecule has 0 aliphatic rings. The molecule has 0 saturated heterocycles. The van der Waals surface area contributed by atoms with Crippen molar-refractivity contribution in [3.8, 4) is 17.0 Å². The molecule has 0 bridgehead atoms. The molecule has 0 aliphatic carbocycles. The standard InChI is InChI=1S/C28H30N6O3/c1-16(2)34-26-23(15-30-34)22(14-24(31-26)21-12-17(3)37-18(21)4)28(35)32-25(27-29-10-11-33(27)5)19-8-7-9-20(13-19)36-6/h7-16,25H,1-6H3,(H,32,35). The minimum atomic E-state index is -0.507. The first-order chi connectivity index (χ1) is 17.8. The van der Waals surface area contributed by atoms with Crippen molar-refractivity contribution in [3.63, 3.8) is 0 Å². The monoisotopic (exact) mass is 498 g/mol. The maximum atomic E-state index is 14.0. The fourth-order valence-electron chi connectivity index (χ4n) is 4.59. The number of pyridine rings is 1. The number of carbonyl (C=O) groups excluding carboxylic acids is 1. The Kier molecular flexibility index (Phi) is 6.29. The van der Waals surface area contributed by atoms with Crippen molar-refractivity contribution in [2.75, 3.05) is 7.11 Å². The number of ether oxygens (including phenoxy) is 1. The summed E-state index contributed by atoms with van der Waals surface area (Å²) in [6.07, 6.45) is 5.28. The van der Waals surface area contributed by atoms with E-state index in [0.29, 0.717) is 33.9 Å². The summed E-state index contributed by atoms with van der Waals surface area (Å²) in [6, 6.07) is 10.9. The zero-order valence-corrected chi connectivity index (χ0v) is 21.8. The van der Waals surface area contributed by atoms with Crippen molar-refractivity contribution >= 4 is 16.9 Å². The Labute approximate surface area is 215 Å². The number of imidazole rings is 1. The van der Waals surface area contributed by atoms with Crippen LogP contribution < -0.4 is 10.1 Å². The molecule has 190 valence electrons. The fraction of sp³-hybridized carbons (Fsp3) is 0.286. The number of amides is 1. The highest BCUT2D eigenvalue weighted by molar-refractivity contribution is 6.06. The molecule has 4 aromatic heterocycles. The number of aryl methyl sites for hydroxylation is 3. The second kappa shape index (κ2) is 9.57. The summed E-state index contributed by atoms with van der Waals surface area (Å²) in [6.45, 7) is 7.86. The van der Waals surface area contributed by atoms with Gasteiger partial charge >= 0.3 is 0 Å². The molecule has 5 aromatic rings. The van der Waals surface area contributed by atoms with E-state index < -0.39 is 6.04 Å². The molecule has 5 rings (SSSR count). The number of methoxy groups -OCH3 is 1. The summed E-state index contributed by atoms with van der Waals surface area (Å²) in [5, 5.41) is 8.43. The predicted octanol–water partition coefficient (Wildman–Crippen LogP) is 5.15. The number of benzene rings is 1. The summed E-state index contributed by atoms with van der Waals surface area (Å²) >= 11 is 0. The highest BCUT2D eigenvalue weighted by Gasteiger charge is 2.25. The van der Waals surface area contributed by atoms with Crippen molar-refractivity contribution in [1.82, 2.24) is 29.6 Å². The van der Waals surface area contributed by atoms with Crippen LogP contribution in [0.4, 0.5) is 0 Å². The predicted molar refractivity (Wildman–Crippen MR) is 141 cm³/mol. The van der Waals surface area contributed by atoms with Gasteiger partial charge in [0.1, 0.15) is 29.1 Å². The summed E-state index contributed by atoms with van der Waals surface area (Å²) < 4.78 is 14.9. The molecule has 1 amide bonds. The highest BCUT2D eigenvalue weighted by atomic mass is 16.5. The van der Waals surface area contributed by atoms with Crippen LogP contribution in [-0.2, 0) is 7.05 Å². The van der Waals surface area contributed by atoms with Gasteiger partial charge in [0.15, 0.2) is 5.65 Å². The Morgan fingerprint density at radius 2 is 1.97 bits per heavy atom. The Balaban J connectivity index is 1.64. The van der Waals surface area contributed by atoms with E-state index >= 15 is 0 Å². The van der Waals surface area contributed by atoms with Crippen LogP contribution in [0, 0.1) is 13.8 Å². The van der Waals surface area contributed by atoms with Gasteiger partial charge in [-0.3, -0.25) is 4.79 Å². The lowest BCUT2D eigenvalue weighted by atomic mass is 10.0. The molecule has 0 saturated carbocycles. The quantitative estimate of drug-likeness (QED) is 0.333. The molecule has 9 heteroatoms. The summed E-state index contributed by atoms with van der Waals surface area (Å²) in [5.74, 6) is 2.67. The fourth-order valence-corrected chi connectivity index (χ4v) is 4.59. The summed E-state index contributed by atoms with van der Waals surface area (Å²) in [5.41, 5.74) is 3.48. The normalized spacial score (nSPS) is 12.3. The average molecular weight is 499 g/mol. The van der Waals surface area contributed by atoms with Gasteiger partial charge < -0.3 is 19.0 Å². The second-order valence-electron chi connectivity index (χ2n) is 9.38. The van der Waals surface area contributed by atoms with Crippen LogP contribution in [-0.4, -0.2) is 37.3 Å². The van der Waals surface area contributed by atoms with Crippen LogP contribution in [0.5, 0.6) is 5.75 Å². The van der Waals surface area contributed by atoms with E-state index in [1.54, 1.807) is 19.5 Å². The van der Waals surface area contributed by atoms with E-state index in [9.17, 15) is 4.79 Å². The Morgan fingerprint density at radius 3 is 2.62 bits per heavy atom. The first-order valence-corrected chi connectivity index (χ1v) is 12.1. The van der Waals surface area contributed by atoms with Gasteiger partial charge in [0.05, 0.1) is 30.0 Å². The third kappa shape index (κ3) is 4.48. The van der Waals surface area contributed by atoms with E-state index in [-0.39, 0.29) is 11.9 Å². The molecule has 37 heavy (non-hydrogen) atoms. The van der Waals surface area contributed by atoms with Gasteiger partial charge in [-0.05, 0) is 57.5 Å². The van der Waals surface area contributed by atoms with Gasteiger partial charge in [-0.1, -0.05) is 12.1 Å². The average Bonchev–Trinajstić information content (AvgIpc) is 3.59. The van der Waals surface area contributed by atoms with Gasteiger partial charge in [0.2, 0.25) is 0 Å². The van der Waals surface area contributed by atoms with Crippen molar-refractivity contribution in [2.24, 2.45) is 7.05 Å². The van der Waals surface area contributed by atoms with Crippen molar-refractivity contribution < 1.29 is 13.9 Å². The molecule has 4 heterocycles. The molecule has 1 atom stereocenters. The first-order valence-electron chi connectivity index (χ1n) is 12.1. The molecule has 9 nitrogen and oxygen atoms in total. The Morgan fingerprint density at radius 1 is 1.16 bits per heavy atom. The highest BCUT2D eigenvalue weighted by Crippen LogP contribution is 2.31. The number of fused-ring (bicyclic) bond motifs is 1. The maximum Gasteiger partial charge on any atom is 0.253 e. The summed E-state index contributed by atoms with van der Waals surface area (Å²) in [4.78, 5) is 23.4. The van der Waals surface area contributed by atoms with E-state index in [1.807, 2.05) is 86.6 Å². The number of carbonyl (C=O) groups is 1. The van der Waals surface area contributed by atoms with E-state index in [0.717, 1.165) is 22.6 Å². The maximum absolute atomic E-state index is 14.0. The molecule has 0 radical (unpaired) electrons. The minimum absolute atomic E-state index is 0.0699. The number of nitrogens with one attached hydrogen (secondary N) is 1. The topological polar surface area (TPSA) is 100 Å². The molecule has 1 aromatic carbocycles. The van der Waals surface area contributed by atoms with Crippen LogP contribution in [0.2, 0.25) is 0 Å². The van der Waals surface area contributed by atoms with E-state index in [4.69, 9.17) is 14.1 Å². The van der Waals surface area contributed by atoms with Crippen molar-refractivity contribution in [3.05, 3.63) is 83.5 Å². The van der Waals surface area contributed by atoms with Crippen LogP contribution in [0.3, 0.4) is 0 Å². The number of furan rings is 1. The van der Waals surface area contributed by atoms with Crippen LogP contribution in [0.25, 0.3) is 22.3 Å². The molecule has 0 aliphatic heterocycles. The molecular weight excluding hydrogens is 468 g/mol. The van der Waals surface area contributed by atoms with Gasteiger partial charge in [0.25, 0.3) is 5.91 Å². The third-order valence-electron chi connectivity index (χ3n) is 6.44. The number of aromatic nitrogens is 5. The zero-order chi connectivity index (χ0) is 26.3.